The lowest BCUT2D eigenvalue weighted by molar-refractivity contribution is -0.00275. The Hall–Kier alpha value is -2.67. The maximum absolute atomic E-state index is 12.9. The van der Waals surface area contributed by atoms with Crippen molar-refractivity contribution in [3.63, 3.8) is 0 Å². The van der Waals surface area contributed by atoms with E-state index in [9.17, 15) is 4.79 Å². The fourth-order valence-electron chi connectivity index (χ4n) is 5.42. The Morgan fingerprint density at radius 1 is 1.21 bits per heavy atom. The maximum atomic E-state index is 12.9. The van der Waals surface area contributed by atoms with Crippen LogP contribution in [0.25, 0.3) is 21.9 Å². The second kappa shape index (κ2) is 9.67. The molecule has 3 aromatic rings. The molecule has 5 rings (SSSR count). The molecule has 1 unspecified atom stereocenters. The van der Waals surface area contributed by atoms with Gasteiger partial charge in [0, 0.05) is 48.9 Å². The standard InChI is InChI=1S/C26H35N5O2/c1-17(2)16-33-20-4-3-13-31(15-20)26(32)30-19-7-5-18(6-8-19)21-9-11-27-23-14-29-25-22(24(21)23)10-12-28-25/h9-12,14,17-20H,3-8,13,15-16H2,1-2H3,(H,28,29)(H,30,32). The van der Waals surface area contributed by atoms with Crippen LogP contribution in [0.4, 0.5) is 4.79 Å². The number of nitrogens with zero attached hydrogens (tertiary/aromatic N) is 3. The molecule has 1 saturated heterocycles. The van der Waals surface area contributed by atoms with Crippen molar-refractivity contribution in [1.29, 1.82) is 0 Å². The summed E-state index contributed by atoms with van der Waals surface area (Å²) >= 11 is 0. The fraction of sp³-hybridized carbons (Fsp3) is 0.577. The molecule has 1 saturated carbocycles. The predicted octanol–water partition coefficient (Wildman–Crippen LogP) is 4.98. The summed E-state index contributed by atoms with van der Waals surface area (Å²) in [5.41, 5.74) is 3.22. The molecule has 0 spiro atoms. The van der Waals surface area contributed by atoms with E-state index in [-0.39, 0.29) is 18.2 Å². The number of carbonyl (C=O) groups is 1. The summed E-state index contributed by atoms with van der Waals surface area (Å²) in [5.74, 6) is 1.000. The molecule has 176 valence electrons. The number of H-pyrrole nitrogens is 1. The molecule has 0 radical (unpaired) electrons. The minimum Gasteiger partial charge on any atom is -0.376 e. The molecule has 0 bridgehead atoms. The minimum absolute atomic E-state index is 0.0748. The van der Waals surface area contributed by atoms with E-state index in [0.29, 0.717) is 18.4 Å². The minimum atomic E-state index is 0.0748. The third-order valence-corrected chi connectivity index (χ3v) is 7.15. The first-order valence-corrected chi connectivity index (χ1v) is 12.5. The summed E-state index contributed by atoms with van der Waals surface area (Å²) in [5, 5.41) is 5.68. The number of ether oxygens (including phenoxy) is 1. The average molecular weight is 450 g/mol. The number of carbonyl (C=O) groups excluding carboxylic acids is 1. The van der Waals surface area contributed by atoms with Crippen molar-refractivity contribution in [2.24, 2.45) is 5.92 Å². The Morgan fingerprint density at radius 2 is 2.06 bits per heavy atom. The highest BCUT2D eigenvalue weighted by Gasteiger charge is 2.29. The lowest BCUT2D eigenvalue weighted by Crippen LogP contribution is -2.51. The summed E-state index contributed by atoms with van der Waals surface area (Å²) in [4.78, 5) is 27.1. The molecule has 2 fully saturated rings. The average Bonchev–Trinajstić information content (AvgIpc) is 3.32. The second-order valence-electron chi connectivity index (χ2n) is 10.1. The van der Waals surface area contributed by atoms with Gasteiger partial charge in [-0.05, 0) is 68.1 Å². The molecule has 7 nitrogen and oxygen atoms in total. The summed E-state index contributed by atoms with van der Waals surface area (Å²) in [6.45, 7) is 6.62. The fourth-order valence-corrected chi connectivity index (χ4v) is 5.42. The number of rotatable bonds is 5. The zero-order valence-corrected chi connectivity index (χ0v) is 19.7. The quantitative estimate of drug-likeness (QED) is 0.575. The Bertz CT molecular complexity index is 1100. The highest BCUT2D eigenvalue weighted by molar-refractivity contribution is 6.05. The maximum Gasteiger partial charge on any atom is 0.317 e. The van der Waals surface area contributed by atoms with Gasteiger partial charge in [-0.25, -0.2) is 9.78 Å². The Kier molecular flexibility index (Phi) is 6.49. The summed E-state index contributed by atoms with van der Waals surface area (Å²) in [7, 11) is 0. The lowest BCUT2D eigenvalue weighted by Gasteiger charge is -2.35. The third kappa shape index (κ3) is 4.83. The number of pyridine rings is 2. The van der Waals surface area contributed by atoms with Gasteiger partial charge in [-0.15, -0.1) is 0 Å². The number of hydrogen-bond donors (Lipinski definition) is 2. The molecular formula is C26H35N5O2. The molecule has 33 heavy (non-hydrogen) atoms. The van der Waals surface area contributed by atoms with Gasteiger partial charge in [-0.1, -0.05) is 13.8 Å². The number of hydrogen-bond acceptors (Lipinski definition) is 4. The predicted molar refractivity (Wildman–Crippen MR) is 130 cm³/mol. The van der Waals surface area contributed by atoms with E-state index in [0.717, 1.165) is 68.2 Å². The van der Waals surface area contributed by atoms with Crippen molar-refractivity contribution in [1.82, 2.24) is 25.2 Å². The van der Waals surface area contributed by atoms with E-state index in [1.807, 2.05) is 23.5 Å². The smallest absolute Gasteiger partial charge is 0.317 e. The lowest BCUT2D eigenvalue weighted by atomic mass is 9.80. The molecule has 2 aliphatic rings. The van der Waals surface area contributed by atoms with Crippen LogP contribution < -0.4 is 5.32 Å². The molecule has 3 aromatic heterocycles. The monoisotopic (exact) mass is 449 g/mol. The highest BCUT2D eigenvalue weighted by Crippen LogP contribution is 2.38. The first-order chi connectivity index (χ1) is 16.1. The number of fused-ring (bicyclic) bond motifs is 3. The van der Waals surface area contributed by atoms with Gasteiger partial charge in [-0.3, -0.25) is 4.98 Å². The zero-order chi connectivity index (χ0) is 22.8. The molecule has 7 heteroatoms. The van der Waals surface area contributed by atoms with Crippen LogP contribution in [0.1, 0.15) is 63.9 Å². The van der Waals surface area contributed by atoms with Gasteiger partial charge >= 0.3 is 6.03 Å². The Morgan fingerprint density at radius 3 is 2.88 bits per heavy atom. The molecule has 0 aromatic carbocycles. The van der Waals surface area contributed by atoms with E-state index in [2.05, 4.69) is 46.2 Å². The second-order valence-corrected chi connectivity index (χ2v) is 10.1. The van der Waals surface area contributed by atoms with Crippen molar-refractivity contribution in [2.75, 3.05) is 19.7 Å². The van der Waals surface area contributed by atoms with Crippen LogP contribution in [0.2, 0.25) is 0 Å². The zero-order valence-electron chi connectivity index (χ0n) is 19.7. The van der Waals surface area contributed by atoms with Crippen molar-refractivity contribution in [3.05, 3.63) is 36.3 Å². The molecule has 2 N–H and O–H groups in total. The van der Waals surface area contributed by atoms with E-state index in [1.54, 1.807) is 0 Å². The first-order valence-electron chi connectivity index (χ1n) is 12.5. The molecule has 1 aliphatic heterocycles. The SMILES string of the molecule is CC(C)COC1CCCN(C(=O)NC2CCC(c3ccnc4cnc5[nH]ccc5c34)CC2)C1. The van der Waals surface area contributed by atoms with E-state index < -0.39 is 0 Å². The van der Waals surface area contributed by atoms with Crippen molar-refractivity contribution in [3.8, 4) is 0 Å². The summed E-state index contributed by atoms with van der Waals surface area (Å²) in [6, 6.07) is 4.58. The van der Waals surface area contributed by atoms with Crippen molar-refractivity contribution in [2.45, 2.75) is 70.4 Å². The number of amides is 2. The van der Waals surface area contributed by atoms with E-state index in [4.69, 9.17) is 4.74 Å². The topological polar surface area (TPSA) is 83.1 Å². The number of likely N-dealkylation sites (tertiary alicyclic amines) is 1. The number of nitrogens with one attached hydrogen (secondary N) is 2. The van der Waals surface area contributed by atoms with E-state index >= 15 is 0 Å². The van der Waals surface area contributed by atoms with Gasteiger partial charge in [0.1, 0.15) is 5.65 Å². The van der Waals surface area contributed by atoms with Gasteiger partial charge in [0.05, 0.1) is 17.8 Å². The van der Waals surface area contributed by atoms with Gasteiger partial charge in [0.15, 0.2) is 0 Å². The summed E-state index contributed by atoms with van der Waals surface area (Å²) < 4.78 is 6.00. The van der Waals surface area contributed by atoms with Crippen molar-refractivity contribution < 1.29 is 9.53 Å². The van der Waals surface area contributed by atoms with Gasteiger partial charge in [0.25, 0.3) is 0 Å². The molecular weight excluding hydrogens is 414 g/mol. The molecule has 1 atom stereocenters. The van der Waals surface area contributed by atoms with Crippen LogP contribution >= 0.6 is 0 Å². The number of aromatic nitrogens is 3. The van der Waals surface area contributed by atoms with Crippen LogP contribution in [0, 0.1) is 5.92 Å². The largest absolute Gasteiger partial charge is 0.376 e. The van der Waals surface area contributed by atoms with Gasteiger partial charge < -0.3 is 19.9 Å². The van der Waals surface area contributed by atoms with Crippen LogP contribution in [-0.4, -0.2) is 57.7 Å². The summed E-state index contributed by atoms with van der Waals surface area (Å²) in [6.07, 6.45) is 12.1. The number of urea groups is 1. The molecule has 4 heterocycles. The Labute approximate surface area is 195 Å². The highest BCUT2D eigenvalue weighted by atomic mass is 16.5. The normalized spacial score (nSPS) is 24.0. The first kappa shape index (κ1) is 22.1. The molecule has 2 amide bonds. The van der Waals surface area contributed by atoms with E-state index in [1.165, 1.54) is 10.9 Å². The van der Waals surface area contributed by atoms with Crippen molar-refractivity contribution >= 4 is 28.0 Å². The van der Waals surface area contributed by atoms with Gasteiger partial charge in [0.2, 0.25) is 0 Å². The number of aromatic amines is 1. The Balaban J connectivity index is 1.20. The van der Waals surface area contributed by atoms with Crippen LogP contribution in [0.5, 0.6) is 0 Å². The third-order valence-electron chi connectivity index (χ3n) is 7.15. The molecule has 1 aliphatic carbocycles. The van der Waals surface area contributed by atoms with Crippen LogP contribution in [0.3, 0.4) is 0 Å². The number of piperidine rings is 1. The van der Waals surface area contributed by atoms with Crippen LogP contribution in [0.15, 0.2) is 30.7 Å². The van der Waals surface area contributed by atoms with Gasteiger partial charge in [-0.2, -0.15) is 0 Å². The van der Waals surface area contributed by atoms with Crippen LogP contribution in [-0.2, 0) is 4.74 Å².